The molecule has 3 N–H and O–H groups in total. The predicted molar refractivity (Wildman–Crippen MR) is 157 cm³/mol. The zero-order valence-corrected chi connectivity index (χ0v) is 24.1. The van der Waals surface area contributed by atoms with E-state index in [9.17, 15) is 9.59 Å². The van der Waals surface area contributed by atoms with Gasteiger partial charge in [-0.3, -0.25) is 9.59 Å². The number of anilines is 2. The van der Waals surface area contributed by atoms with E-state index < -0.39 is 11.8 Å². The molecule has 10 heteroatoms. The molecule has 3 aromatic rings. The van der Waals surface area contributed by atoms with Crippen LogP contribution in [0.15, 0.2) is 30.5 Å². The van der Waals surface area contributed by atoms with Crippen LogP contribution in [0.5, 0.6) is 0 Å². The zero-order chi connectivity index (χ0) is 27.8. The zero-order valence-electron chi connectivity index (χ0n) is 23.3. The summed E-state index contributed by atoms with van der Waals surface area (Å²) in [7, 11) is 2.18. The predicted octanol–water partition coefficient (Wildman–Crippen LogP) is 4.52. The Kier molecular flexibility index (Phi) is 7.74. The normalized spacial score (nSPS) is 24.4. The number of thiazole rings is 1. The molecule has 40 heavy (non-hydrogen) atoms. The van der Waals surface area contributed by atoms with Gasteiger partial charge in [0.1, 0.15) is 5.82 Å². The molecular weight excluding hydrogens is 524 g/mol. The number of piperidine rings is 2. The SMILES string of the molecule is C[C@H]1CCC(c2ccc3sc(C4CCN(C)CC4)nc3c2)N(C(=O)C(=O)Nc2cnc(N)c(C3CCOC3)c2)C1. The maximum Gasteiger partial charge on any atom is 0.313 e. The first-order valence-electron chi connectivity index (χ1n) is 14.4. The second-order valence-electron chi connectivity index (χ2n) is 11.7. The number of ether oxygens (including phenoxy) is 1. The average Bonchev–Trinajstić information content (AvgIpc) is 3.64. The number of nitrogens with zero attached hydrogens (tertiary/aromatic N) is 4. The highest BCUT2D eigenvalue weighted by Crippen LogP contribution is 2.38. The molecule has 3 aliphatic heterocycles. The molecular formula is C30H38N6O3S. The average molecular weight is 563 g/mol. The second kappa shape index (κ2) is 11.4. The van der Waals surface area contributed by atoms with E-state index in [0.29, 0.717) is 43.1 Å². The smallest absolute Gasteiger partial charge is 0.313 e. The van der Waals surface area contributed by atoms with Crippen molar-refractivity contribution in [3.8, 4) is 0 Å². The highest BCUT2D eigenvalue weighted by molar-refractivity contribution is 7.18. The topological polar surface area (TPSA) is 114 Å². The largest absolute Gasteiger partial charge is 0.383 e. The van der Waals surface area contributed by atoms with Crippen molar-refractivity contribution in [2.75, 3.05) is 50.9 Å². The van der Waals surface area contributed by atoms with E-state index in [1.807, 2.05) is 6.07 Å². The lowest BCUT2D eigenvalue weighted by Crippen LogP contribution is -2.46. The fraction of sp³-hybridized carbons (Fsp3) is 0.533. The number of nitrogen functional groups attached to an aromatic ring is 1. The molecule has 3 fully saturated rings. The molecule has 2 aromatic heterocycles. The minimum atomic E-state index is -0.654. The summed E-state index contributed by atoms with van der Waals surface area (Å²) in [5.41, 5.74) is 9.46. The van der Waals surface area contributed by atoms with E-state index in [-0.39, 0.29) is 12.0 Å². The first-order valence-corrected chi connectivity index (χ1v) is 15.2. The van der Waals surface area contributed by atoms with E-state index in [1.165, 1.54) is 15.9 Å². The number of nitrogens with two attached hydrogens (primary N) is 1. The van der Waals surface area contributed by atoms with Crippen LogP contribution in [0, 0.1) is 5.92 Å². The van der Waals surface area contributed by atoms with Gasteiger partial charge in [0.25, 0.3) is 0 Å². The number of benzene rings is 1. The van der Waals surface area contributed by atoms with Gasteiger partial charge in [-0.15, -0.1) is 11.3 Å². The molecule has 3 aliphatic rings. The summed E-state index contributed by atoms with van der Waals surface area (Å²) in [6.45, 7) is 6.14. The van der Waals surface area contributed by atoms with Crippen molar-refractivity contribution in [2.24, 2.45) is 5.92 Å². The van der Waals surface area contributed by atoms with Gasteiger partial charge >= 0.3 is 11.8 Å². The van der Waals surface area contributed by atoms with Crippen molar-refractivity contribution in [3.05, 3.63) is 46.6 Å². The minimum Gasteiger partial charge on any atom is -0.383 e. The van der Waals surface area contributed by atoms with Crippen molar-refractivity contribution >= 4 is 44.9 Å². The third-order valence-electron chi connectivity index (χ3n) is 8.73. The first kappa shape index (κ1) is 27.1. The van der Waals surface area contributed by atoms with Crippen molar-refractivity contribution in [3.63, 3.8) is 0 Å². The van der Waals surface area contributed by atoms with Crippen LogP contribution in [-0.4, -0.2) is 71.5 Å². The monoisotopic (exact) mass is 562 g/mol. The number of rotatable bonds is 4. The Labute approximate surface area is 239 Å². The summed E-state index contributed by atoms with van der Waals surface area (Å²) >= 11 is 1.79. The highest BCUT2D eigenvalue weighted by atomic mass is 32.1. The Bertz CT molecular complexity index is 1400. The molecule has 1 aromatic carbocycles. The van der Waals surface area contributed by atoms with Gasteiger partial charge in [-0.05, 0) is 81.9 Å². The molecule has 212 valence electrons. The number of fused-ring (bicyclic) bond motifs is 1. The molecule has 9 nitrogen and oxygen atoms in total. The van der Waals surface area contributed by atoms with Crippen LogP contribution in [0.4, 0.5) is 11.5 Å². The Morgan fingerprint density at radius 2 is 1.93 bits per heavy atom. The lowest BCUT2D eigenvalue weighted by molar-refractivity contribution is -0.146. The summed E-state index contributed by atoms with van der Waals surface area (Å²) in [5, 5.41) is 4.00. The number of pyridine rings is 1. The van der Waals surface area contributed by atoms with Gasteiger partial charge in [-0.2, -0.15) is 0 Å². The first-order chi connectivity index (χ1) is 19.4. The van der Waals surface area contributed by atoms with E-state index in [0.717, 1.165) is 61.8 Å². The maximum atomic E-state index is 13.6. The fourth-order valence-electron chi connectivity index (χ4n) is 6.31. The van der Waals surface area contributed by atoms with Crippen molar-refractivity contribution in [2.45, 2.75) is 56.9 Å². The molecule has 0 radical (unpaired) electrons. The third kappa shape index (κ3) is 5.57. The van der Waals surface area contributed by atoms with Crippen LogP contribution >= 0.6 is 11.3 Å². The number of hydrogen-bond acceptors (Lipinski definition) is 8. The van der Waals surface area contributed by atoms with Crippen molar-refractivity contribution in [1.29, 1.82) is 0 Å². The molecule has 6 rings (SSSR count). The number of likely N-dealkylation sites (tertiary alicyclic amines) is 2. The quantitative estimate of drug-likeness (QED) is 0.449. The van der Waals surface area contributed by atoms with Crippen LogP contribution in [0.25, 0.3) is 10.2 Å². The number of aromatic nitrogens is 2. The summed E-state index contributed by atoms with van der Waals surface area (Å²) < 4.78 is 6.67. The van der Waals surface area contributed by atoms with Gasteiger partial charge in [0.15, 0.2) is 0 Å². The molecule has 0 saturated carbocycles. The van der Waals surface area contributed by atoms with E-state index in [4.69, 9.17) is 15.5 Å². The van der Waals surface area contributed by atoms with E-state index in [2.05, 4.69) is 47.4 Å². The van der Waals surface area contributed by atoms with Crippen molar-refractivity contribution < 1.29 is 14.3 Å². The summed E-state index contributed by atoms with van der Waals surface area (Å²) in [4.78, 5) is 40.2. The fourth-order valence-corrected chi connectivity index (χ4v) is 7.42. The van der Waals surface area contributed by atoms with Gasteiger partial charge in [0.05, 0.1) is 39.8 Å². The maximum absolute atomic E-state index is 13.6. The third-order valence-corrected chi connectivity index (χ3v) is 9.93. The highest BCUT2D eigenvalue weighted by Gasteiger charge is 2.35. The number of carbonyl (C=O) groups excluding carboxylic acids is 2. The Balaban J connectivity index is 1.20. The van der Waals surface area contributed by atoms with E-state index in [1.54, 1.807) is 16.2 Å². The lowest BCUT2D eigenvalue weighted by atomic mass is 9.89. The Morgan fingerprint density at radius 3 is 2.70 bits per heavy atom. The molecule has 2 amide bonds. The van der Waals surface area contributed by atoms with E-state index >= 15 is 0 Å². The summed E-state index contributed by atoms with van der Waals surface area (Å²) in [6.07, 6.45) is 6.46. The van der Waals surface area contributed by atoms with Crippen LogP contribution in [0.2, 0.25) is 0 Å². The molecule has 2 unspecified atom stereocenters. The molecule has 3 atom stereocenters. The van der Waals surface area contributed by atoms with Gasteiger partial charge in [0.2, 0.25) is 0 Å². The minimum absolute atomic E-state index is 0.146. The number of amides is 2. The Hall–Kier alpha value is -3.08. The number of nitrogens with one attached hydrogen (secondary N) is 1. The number of carbonyl (C=O) groups is 2. The standard InChI is InChI=1S/C30H38N6O3S/c1-18-3-5-25(20-4-6-26-24(13-20)34-29(40-26)19-7-10-35(2)11-8-19)36(16-18)30(38)28(37)33-22-14-23(27(31)32-15-22)21-9-12-39-17-21/h4,6,13-15,18-19,21,25H,3,5,7-12,16-17H2,1-2H3,(H2,31,32)(H,33,37)/t18-,21?,25?/m0/s1. The van der Waals surface area contributed by atoms with Gasteiger partial charge in [-0.1, -0.05) is 13.0 Å². The molecule has 0 bridgehead atoms. The lowest BCUT2D eigenvalue weighted by Gasteiger charge is -2.38. The summed E-state index contributed by atoms with van der Waals surface area (Å²) in [5.74, 6) is 0.232. The second-order valence-corrected chi connectivity index (χ2v) is 12.8. The van der Waals surface area contributed by atoms with Crippen LogP contribution in [0.1, 0.15) is 73.0 Å². The Morgan fingerprint density at radius 1 is 1.10 bits per heavy atom. The van der Waals surface area contributed by atoms with Crippen LogP contribution in [-0.2, 0) is 14.3 Å². The summed E-state index contributed by atoms with van der Waals surface area (Å²) in [6, 6.07) is 8.03. The molecule has 0 aliphatic carbocycles. The van der Waals surface area contributed by atoms with Gasteiger partial charge < -0.3 is 25.6 Å². The van der Waals surface area contributed by atoms with Crippen LogP contribution < -0.4 is 11.1 Å². The van der Waals surface area contributed by atoms with Gasteiger partial charge in [0, 0.05) is 30.6 Å². The van der Waals surface area contributed by atoms with Crippen molar-refractivity contribution in [1.82, 2.24) is 19.8 Å². The van der Waals surface area contributed by atoms with Crippen LogP contribution in [0.3, 0.4) is 0 Å². The molecule has 3 saturated heterocycles. The molecule has 5 heterocycles. The van der Waals surface area contributed by atoms with Gasteiger partial charge in [-0.25, -0.2) is 9.97 Å². The molecule has 0 spiro atoms. The number of hydrogen-bond donors (Lipinski definition) is 2.